The highest BCUT2D eigenvalue weighted by Gasteiger charge is 2.10. The molecule has 66 valence electrons. The fourth-order valence-corrected chi connectivity index (χ4v) is 1.02. The molecule has 0 aromatic rings. The summed E-state index contributed by atoms with van der Waals surface area (Å²) in [6.45, 7) is -0.0663. The van der Waals surface area contributed by atoms with Gasteiger partial charge in [0.25, 0.3) is 0 Å². The third-order valence-electron chi connectivity index (χ3n) is 1.47. The van der Waals surface area contributed by atoms with Crippen LogP contribution in [-0.4, -0.2) is 28.7 Å². The normalized spacial score (nSPS) is 12.9. The second kappa shape index (κ2) is 6.43. The molecule has 0 bridgehead atoms. The van der Waals surface area contributed by atoms with Crippen molar-refractivity contribution in [1.82, 2.24) is 0 Å². The number of halogens is 1. The molecule has 0 saturated carbocycles. The summed E-state index contributed by atoms with van der Waals surface area (Å²) in [6, 6.07) is 0. The van der Waals surface area contributed by atoms with E-state index in [0.717, 1.165) is 6.42 Å². The Morgan fingerprint density at radius 1 is 1.55 bits per heavy atom. The Kier molecular flexibility index (Phi) is 6.27. The van der Waals surface area contributed by atoms with Crippen LogP contribution in [0.1, 0.15) is 19.3 Å². The molecule has 0 amide bonds. The second-order valence-corrected chi connectivity index (χ2v) is 2.86. The molecular formula is C7H13ClO3. The van der Waals surface area contributed by atoms with E-state index in [1.54, 1.807) is 0 Å². The topological polar surface area (TPSA) is 57.5 Å². The average Bonchev–Trinajstić information content (AvgIpc) is 1.97. The van der Waals surface area contributed by atoms with Crippen LogP contribution in [-0.2, 0) is 4.79 Å². The van der Waals surface area contributed by atoms with Gasteiger partial charge in [-0.25, -0.2) is 0 Å². The standard InChI is InChI=1S/C7H13ClO3/c8-3-1-2-6(5-9)4-7(10)11/h6,9H,1-5H2,(H,10,11). The summed E-state index contributed by atoms with van der Waals surface area (Å²) in [6.07, 6.45) is 1.49. The Labute approximate surface area is 71.0 Å². The Hall–Kier alpha value is -0.280. The lowest BCUT2D eigenvalue weighted by Gasteiger charge is -2.09. The molecular weight excluding hydrogens is 168 g/mol. The van der Waals surface area contributed by atoms with Crippen LogP contribution in [0.15, 0.2) is 0 Å². The van der Waals surface area contributed by atoms with E-state index < -0.39 is 5.97 Å². The molecule has 0 spiro atoms. The second-order valence-electron chi connectivity index (χ2n) is 2.48. The molecule has 11 heavy (non-hydrogen) atoms. The fraction of sp³-hybridized carbons (Fsp3) is 0.857. The SMILES string of the molecule is O=C(O)CC(CO)CCCCl. The van der Waals surface area contributed by atoms with Gasteiger partial charge in [0.15, 0.2) is 0 Å². The first-order chi connectivity index (χ1) is 5.20. The van der Waals surface area contributed by atoms with Gasteiger partial charge in [-0.3, -0.25) is 4.79 Å². The van der Waals surface area contributed by atoms with E-state index in [4.69, 9.17) is 21.8 Å². The third-order valence-corrected chi connectivity index (χ3v) is 1.73. The van der Waals surface area contributed by atoms with Gasteiger partial charge in [0, 0.05) is 12.5 Å². The Balaban J connectivity index is 3.49. The number of aliphatic carboxylic acids is 1. The van der Waals surface area contributed by atoms with Crippen molar-refractivity contribution in [3.05, 3.63) is 0 Å². The van der Waals surface area contributed by atoms with Gasteiger partial charge in [0.05, 0.1) is 6.42 Å². The molecule has 0 heterocycles. The number of aliphatic hydroxyl groups excluding tert-OH is 1. The van der Waals surface area contributed by atoms with Gasteiger partial charge < -0.3 is 10.2 Å². The molecule has 0 aromatic heterocycles. The van der Waals surface area contributed by atoms with E-state index in [2.05, 4.69) is 0 Å². The van der Waals surface area contributed by atoms with Gasteiger partial charge in [-0.05, 0) is 18.8 Å². The summed E-state index contributed by atoms with van der Waals surface area (Å²) >= 11 is 5.41. The van der Waals surface area contributed by atoms with Crippen molar-refractivity contribution >= 4 is 17.6 Å². The highest BCUT2D eigenvalue weighted by molar-refractivity contribution is 6.17. The Morgan fingerprint density at radius 2 is 2.18 bits per heavy atom. The molecule has 0 fully saturated rings. The molecule has 1 unspecified atom stereocenters. The van der Waals surface area contributed by atoms with E-state index >= 15 is 0 Å². The van der Waals surface area contributed by atoms with Gasteiger partial charge in [-0.15, -0.1) is 11.6 Å². The van der Waals surface area contributed by atoms with Gasteiger partial charge >= 0.3 is 5.97 Å². The summed E-state index contributed by atoms with van der Waals surface area (Å²) in [5, 5.41) is 17.1. The highest BCUT2D eigenvalue weighted by Crippen LogP contribution is 2.10. The number of aliphatic hydroxyl groups is 1. The smallest absolute Gasteiger partial charge is 0.303 e. The van der Waals surface area contributed by atoms with Crippen LogP contribution >= 0.6 is 11.6 Å². The van der Waals surface area contributed by atoms with Crippen LogP contribution in [0.4, 0.5) is 0 Å². The summed E-state index contributed by atoms with van der Waals surface area (Å²) in [4.78, 5) is 10.2. The van der Waals surface area contributed by atoms with E-state index in [0.29, 0.717) is 12.3 Å². The molecule has 0 aliphatic carbocycles. The predicted molar refractivity (Wildman–Crippen MR) is 42.8 cm³/mol. The number of hydrogen-bond acceptors (Lipinski definition) is 2. The summed E-state index contributed by atoms with van der Waals surface area (Å²) in [5.74, 6) is -0.472. The van der Waals surface area contributed by atoms with Crippen molar-refractivity contribution in [2.75, 3.05) is 12.5 Å². The minimum atomic E-state index is -0.862. The molecule has 3 nitrogen and oxygen atoms in total. The number of alkyl halides is 1. The van der Waals surface area contributed by atoms with Crippen LogP contribution in [0, 0.1) is 5.92 Å². The quantitative estimate of drug-likeness (QED) is 0.602. The maximum atomic E-state index is 10.2. The molecule has 4 heteroatoms. The first-order valence-corrected chi connectivity index (χ1v) is 4.12. The first-order valence-electron chi connectivity index (χ1n) is 3.59. The maximum Gasteiger partial charge on any atom is 0.303 e. The third kappa shape index (κ3) is 6.13. The van der Waals surface area contributed by atoms with Gasteiger partial charge in [-0.1, -0.05) is 0 Å². The summed E-state index contributed by atoms with van der Waals surface area (Å²) in [5.41, 5.74) is 0. The number of carbonyl (C=O) groups is 1. The van der Waals surface area contributed by atoms with E-state index in [1.165, 1.54) is 0 Å². The number of carboxylic acid groups (broad SMARTS) is 1. The molecule has 0 rings (SSSR count). The molecule has 0 radical (unpaired) electrons. The number of carboxylic acids is 1. The zero-order chi connectivity index (χ0) is 8.69. The lowest BCUT2D eigenvalue weighted by atomic mass is 10.0. The largest absolute Gasteiger partial charge is 0.481 e. The minimum absolute atomic E-state index is 0.0351. The fourth-order valence-electron chi connectivity index (χ4n) is 0.871. The zero-order valence-electron chi connectivity index (χ0n) is 6.29. The zero-order valence-corrected chi connectivity index (χ0v) is 7.05. The Bertz CT molecular complexity index is 116. The first kappa shape index (κ1) is 10.7. The van der Waals surface area contributed by atoms with Crippen LogP contribution in [0.2, 0.25) is 0 Å². The van der Waals surface area contributed by atoms with Crippen LogP contribution in [0.25, 0.3) is 0 Å². The van der Waals surface area contributed by atoms with Crippen molar-refractivity contribution in [1.29, 1.82) is 0 Å². The van der Waals surface area contributed by atoms with Gasteiger partial charge in [0.2, 0.25) is 0 Å². The van der Waals surface area contributed by atoms with Crippen molar-refractivity contribution in [2.45, 2.75) is 19.3 Å². The highest BCUT2D eigenvalue weighted by atomic mass is 35.5. The minimum Gasteiger partial charge on any atom is -0.481 e. The van der Waals surface area contributed by atoms with Crippen molar-refractivity contribution in [3.8, 4) is 0 Å². The van der Waals surface area contributed by atoms with Crippen LogP contribution in [0.3, 0.4) is 0 Å². The predicted octanol–water partition coefficient (Wildman–Crippen LogP) is 1.09. The van der Waals surface area contributed by atoms with Gasteiger partial charge in [0.1, 0.15) is 0 Å². The number of hydrogen-bond donors (Lipinski definition) is 2. The molecule has 2 N–H and O–H groups in total. The monoisotopic (exact) mass is 180 g/mol. The van der Waals surface area contributed by atoms with Gasteiger partial charge in [-0.2, -0.15) is 0 Å². The van der Waals surface area contributed by atoms with Crippen molar-refractivity contribution < 1.29 is 15.0 Å². The molecule has 0 saturated heterocycles. The molecule has 0 aliphatic heterocycles. The van der Waals surface area contributed by atoms with Crippen LogP contribution < -0.4 is 0 Å². The molecule has 1 atom stereocenters. The molecule has 0 aromatic carbocycles. The van der Waals surface area contributed by atoms with E-state index in [9.17, 15) is 4.79 Å². The molecule has 0 aliphatic rings. The number of rotatable bonds is 6. The van der Waals surface area contributed by atoms with E-state index in [-0.39, 0.29) is 18.9 Å². The van der Waals surface area contributed by atoms with Crippen LogP contribution in [0.5, 0.6) is 0 Å². The maximum absolute atomic E-state index is 10.2. The van der Waals surface area contributed by atoms with E-state index in [1.807, 2.05) is 0 Å². The Morgan fingerprint density at radius 3 is 2.55 bits per heavy atom. The van der Waals surface area contributed by atoms with Crippen molar-refractivity contribution in [2.24, 2.45) is 5.92 Å². The summed E-state index contributed by atoms with van der Waals surface area (Å²) in [7, 11) is 0. The lowest BCUT2D eigenvalue weighted by molar-refractivity contribution is -0.138. The van der Waals surface area contributed by atoms with Crippen molar-refractivity contribution in [3.63, 3.8) is 0 Å². The summed E-state index contributed by atoms with van der Waals surface area (Å²) < 4.78 is 0. The lowest BCUT2D eigenvalue weighted by Crippen LogP contribution is -2.11. The average molecular weight is 181 g/mol.